The zero-order valence-electron chi connectivity index (χ0n) is 16.6. The predicted octanol–water partition coefficient (Wildman–Crippen LogP) is 5.24. The van der Waals surface area contributed by atoms with Crippen molar-refractivity contribution in [1.82, 2.24) is 9.29 Å². The first-order valence-electron chi connectivity index (χ1n) is 9.48. The summed E-state index contributed by atoms with van der Waals surface area (Å²) in [5.74, 6) is 0. The summed E-state index contributed by atoms with van der Waals surface area (Å²) in [7, 11) is -3.64. The van der Waals surface area contributed by atoms with E-state index in [1.165, 1.54) is 33.6 Å². The Balaban J connectivity index is 1.48. The van der Waals surface area contributed by atoms with Gasteiger partial charge in [0, 0.05) is 47.2 Å². The summed E-state index contributed by atoms with van der Waals surface area (Å²) in [6.07, 6.45) is 0. The number of thiazole rings is 1. The summed E-state index contributed by atoms with van der Waals surface area (Å²) in [4.78, 5) is 7.05. The first-order chi connectivity index (χ1) is 14.2. The van der Waals surface area contributed by atoms with E-state index in [0.717, 1.165) is 16.4 Å². The summed E-state index contributed by atoms with van der Waals surface area (Å²) >= 11 is 13.6. The number of piperazine rings is 1. The fourth-order valence-corrected chi connectivity index (χ4v) is 6.65. The predicted molar refractivity (Wildman–Crippen MR) is 124 cm³/mol. The molecule has 0 spiro atoms. The maximum Gasteiger partial charge on any atom is 0.243 e. The van der Waals surface area contributed by atoms with Crippen LogP contribution in [0.3, 0.4) is 0 Å². The van der Waals surface area contributed by atoms with Gasteiger partial charge in [-0.2, -0.15) is 4.31 Å². The van der Waals surface area contributed by atoms with E-state index in [1.54, 1.807) is 11.3 Å². The topological polar surface area (TPSA) is 53.5 Å². The van der Waals surface area contributed by atoms with E-state index in [0.29, 0.717) is 36.2 Å². The van der Waals surface area contributed by atoms with Gasteiger partial charge in [-0.1, -0.05) is 40.4 Å². The van der Waals surface area contributed by atoms with Crippen LogP contribution in [0, 0.1) is 13.8 Å². The van der Waals surface area contributed by atoms with Crippen LogP contribution >= 0.6 is 34.5 Å². The van der Waals surface area contributed by atoms with E-state index < -0.39 is 10.0 Å². The second kappa shape index (κ2) is 8.48. The van der Waals surface area contributed by atoms with Gasteiger partial charge in [0.25, 0.3) is 0 Å². The van der Waals surface area contributed by atoms with Gasteiger partial charge in [0.05, 0.1) is 10.6 Å². The molecule has 1 aliphatic rings. The van der Waals surface area contributed by atoms with Gasteiger partial charge in [0.2, 0.25) is 10.0 Å². The zero-order chi connectivity index (χ0) is 21.5. The lowest BCUT2D eigenvalue weighted by molar-refractivity contribution is 0.385. The molecule has 0 unspecified atom stereocenters. The molecule has 9 heteroatoms. The molecule has 1 saturated heterocycles. The van der Waals surface area contributed by atoms with Crippen molar-refractivity contribution >= 4 is 49.7 Å². The summed E-state index contributed by atoms with van der Waals surface area (Å²) < 4.78 is 27.4. The molecule has 3 aromatic rings. The van der Waals surface area contributed by atoms with Crippen LogP contribution in [0.15, 0.2) is 46.7 Å². The summed E-state index contributed by atoms with van der Waals surface area (Å²) in [5.41, 5.74) is 4.47. The van der Waals surface area contributed by atoms with Crippen molar-refractivity contribution in [2.75, 3.05) is 31.1 Å². The molecule has 1 fully saturated rings. The van der Waals surface area contributed by atoms with Crippen molar-refractivity contribution in [2.45, 2.75) is 18.7 Å². The molecule has 0 N–H and O–H groups in total. The third-order valence-electron chi connectivity index (χ3n) is 4.99. The second-order valence-corrected chi connectivity index (χ2v) is 11.0. The van der Waals surface area contributed by atoms with Gasteiger partial charge in [-0.05, 0) is 44.2 Å². The molecular weight excluding hydrogens is 461 g/mol. The Labute approximate surface area is 190 Å². The molecule has 0 amide bonds. The first kappa shape index (κ1) is 21.6. The number of aryl methyl sites for hydroxylation is 2. The molecule has 4 rings (SSSR count). The van der Waals surface area contributed by atoms with E-state index >= 15 is 0 Å². The number of nitrogens with zero attached hydrogens (tertiary/aromatic N) is 3. The molecule has 158 valence electrons. The molecule has 0 aliphatic carbocycles. The molecule has 0 radical (unpaired) electrons. The van der Waals surface area contributed by atoms with Gasteiger partial charge in [0.1, 0.15) is 0 Å². The molecule has 0 bridgehead atoms. The zero-order valence-corrected chi connectivity index (χ0v) is 19.7. The number of rotatable bonds is 4. The summed E-state index contributed by atoms with van der Waals surface area (Å²) in [6.45, 7) is 6.07. The maximum absolute atomic E-state index is 13.0. The number of aromatic nitrogens is 1. The van der Waals surface area contributed by atoms with Crippen LogP contribution in [0.2, 0.25) is 10.0 Å². The van der Waals surface area contributed by atoms with Gasteiger partial charge >= 0.3 is 0 Å². The third kappa shape index (κ3) is 4.50. The van der Waals surface area contributed by atoms with Gasteiger partial charge in [0.15, 0.2) is 5.13 Å². The monoisotopic (exact) mass is 481 g/mol. The Morgan fingerprint density at radius 3 is 2.10 bits per heavy atom. The Morgan fingerprint density at radius 1 is 0.900 bits per heavy atom. The fourth-order valence-electron chi connectivity index (χ4n) is 3.61. The van der Waals surface area contributed by atoms with Crippen LogP contribution in [0.1, 0.15) is 11.1 Å². The molecule has 30 heavy (non-hydrogen) atoms. The quantitative estimate of drug-likeness (QED) is 0.510. The van der Waals surface area contributed by atoms with Crippen LogP contribution in [0.25, 0.3) is 11.3 Å². The number of anilines is 1. The lowest BCUT2D eigenvalue weighted by Gasteiger charge is -2.33. The van der Waals surface area contributed by atoms with E-state index in [2.05, 4.69) is 42.3 Å². The number of hydrogen-bond acceptors (Lipinski definition) is 5. The average Bonchev–Trinajstić information content (AvgIpc) is 3.17. The number of halogens is 2. The number of hydrogen-bond donors (Lipinski definition) is 0. The largest absolute Gasteiger partial charge is 0.345 e. The summed E-state index contributed by atoms with van der Waals surface area (Å²) in [6, 6.07) is 10.8. The van der Waals surface area contributed by atoms with Gasteiger partial charge < -0.3 is 4.90 Å². The molecule has 0 saturated carbocycles. The Kier molecular flexibility index (Phi) is 6.10. The van der Waals surface area contributed by atoms with Crippen LogP contribution in [-0.4, -0.2) is 43.9 Å². The van der Waals surface area contributed by atoms with Crippen molar-refractivity contribution in [3.8, 4) is 11.3 Å². The van der Waals surface area contributed by atoms with Crippen molar-refractivity contribution in [1.29, 1.82) is 0 Å². The molecule has 1 aliphatic heterocycles. The normalized spacial score (nSPS) is 15.5. The SMILES string of the molecule is Cc1cc(C)cc(-c2csc(N3CCN(S(=O)(=O)c4cc(Cl)cc(Cl)c4)CC3)n2)c1. The van der Waals surface area contributed by atoms with Gasteiger partial charge in [-0.25, -0.2) is 13.4 Å². The van der Waals surface area contributed by atoms with E-state index in [9.17, 15) is 8.42 Å². The number of sulfonamides is 1. The van der Waals surface area contributed by atoms with Gasteiger partial charge in [-0.15, -0.1) is 11.3 Å². The highest BCUT2D eigenvalue weighted by Gasteiger charge is 2.30. The second-order valence-electron chi connectivity index (χ2n) is 7.39. The molecule has 2 aromatic carbocycles. The van der Waals surface area contributed by atoms with Crippen molar-refractivity contribution in [3.63, 3.8) is 0 Å². The third-order valence-corrected chi connectivity index (χ3v) is 8.21. The Morgan fingerprint density at radius 2 is 1.50 bits per heavy atom. The average molecular weight is 482 g/mol. The highest BCUT2D eigenvalue weighted by Crippen LogP contribution is 2.30. The lowest BCUT2D eigenvalue weighted by Crippen LogP contribution is -2.48. The van der Waals surface area contributed by atoms with Crippen molar-refractivity contribution in [2.24, 2.45) is 0 Å². The minimum atomic E-state index is -3.64. The van der Waals surface area contributed by atoms with Crippen LogP contribution in [0.5, 0.6) is 0 Å². The molecule has 1 aromatic heterocycles. The molecule has 0 atom stereocenters. The van der Waals surface area contributed by atoms with E-state index in [-0.39, 0.29) is 4.90 Å². The maximum atomic E-state index is 13.0. The van der Waals surface area contributed by atoms with Crippen LogP contribution in [-0.2, 0) is 10.0 Å². The molecular formula is C21H21Cl2N3O2S2. The fraction of sp³-hybridized carbons (Fsp3) is 0.286. The Bertz CT molecular complexity index is 1150. The Hall–Kier alpha value is -1.64. The smallest absolute Gasteiger partial charge is 0.243 e. The highest BCUT2D eigenvalue weighted by molar-refractivity contribution is 7.89. The van der Waals surface area contributed by atoms with Crippen LogP contribution in [0.4, 0.5) is 5.13 Å². The standard InChI is InChI=1S/C21H21Cl2N3O2S2/c1-14-7-15(2)9-16(8-14)20-13-29-21(24-20)25-3-5-26(6-4-25)30(27,28)19-11-17(22)10-18(23)12-19/h7-13H,3-6H2,1-2H3. The lowest BCUT2D eigenvalue weighted by atomic mass is 10.1. The minimum absolute atomic E-state index is 0.125. The minimum Gasteiger partial charge on any atom is -0.345 e. The van der Waals surface area contributed by atoms with Gasteiger partial charge in [-0.3, -0.25) is 0 Å². The van der Waals surface area contributed by atoms with E-state index in [1.807, 2.05) is 0 Å². The molecule has 5 nitrogen and oxygen atoms in total. The summed E-state index contributed by atoms with van der Waals surface area (Å²) in [5, 5.41) is 3.58. The molecule has 2 heterocycles. The van der Waals surface area contributed by atoms with E-state index in [4.69, 9.17) is 28.2 Å². The first-order valence-corrected chi connectivity index (χ1v) is 12.6. The van der Waals surface area contributed by atoms with Crippen molar-refractivity contribution in [3.05, 3.63) is 63.0 Å². The number of benzene rings is 2. The highest BCUT2D eigenvalue weighted by atomic mass is 35.5. The van der Waals surface area contributed by atoms with Crippen LogP contribution < -0.4 is 4.90 Å². The van der Waals surface area contributed by atoms with Crippen molar-refractivity contribution < 1.29 is 8.42 Å².